The summed E-state index contributed by atoms with van der Waals surface area (Å²) < 4.78 is 13.2. The predicted octanol–water partition coefficient (Wildman–Crippen LogP) is 3.42. The monoisotopic (exact) mass is 257 g/mol. The molecule has 0 spiro atoms. The van der Waals surface area contributed by atoms with E-state index in [0.717, 1.165) is 29.7 Å². The Kier molecular flexibility index (Phi) is 3.22. The van der Waals surface area contributed by atoms with E-state index >= 15 is 0 Å². The van der Waals surface area contributed by atoms with Gasteiger partial charge in [-0.1, -0.05) is 18.2 Å². The zero-order chi connectivity index (χ0) is 13.2. The maximum absolute atomic E-state index is 13.2. The van der Waals surface area contributed by atoms with Gasteiger partial charge in [-0.2, -0.15) is 0 Å². The van der Waals surface area contributed by atoms with Crippen LogP contribution >= 0.6 is 0 Å². The third kappa shape index (κ3) is 2.47. The molecule has 2 nitrogen and oxygen atoms in total. The largest absolute Gasteiger partial charge is 0.392 e. The van der Waals surface area contributed by atoms with Crippen LogP contribution in [0.3, 0.4) is 0 Å². The third-order valence-electron chi connectivity index (χ3n) is 3.63. The molecule has 1 aliphatic rings. The molecule has 2 aromatic rings. The summed E-state index contributed by atoms with van der Waals surface area (Å²) in [5.74, 6) is -0.165. The Labute approximate surface area is 111 Å². The number of rotatable bonds is 3. The van der Waals surface area contributed by atoms with Gasteiger partial charge in [0.1, 0.15) is 5.82 Å². The number of aryl methyl sites for hydroxylation is 1. The standard InChI is InChI=1S/C16H16FNO/c17-13-5-6-15-12(9-13)4-7-16(15)18-14-3-1-2-11(8-14)10-19/h1-3,5-6,8-9,16,18-19H,4,7,10H2. The fourth-order valence-corrected chi connectivity index (χ4v) is 2.70. The summed E-state index contributed by atoms with van der Waals surface area (Å²) in [5.41, 5.74) is 4.16. The topological polar surface area (TPSA) is 32.3 Å². The number of fused-ring (bicyclic) bond motifs is 1. The SMILES string of the molecule is OCc1cccc(NC2CCc3cc(F)ccc32)c1. The van der Waals surface area contributed by atoms with E-state index in [-0.39, 0.29) is 18.5 Å². The number of nitrogens with one attached hydrogen (secondary N) is 1. The third-order valence-corrected chi connectivity index (χ3v) is 3.63. The lowest BCUT2D eigenvalue weighted by Crippen LogP contribution is -2.07. The van der Waals surface area contributed by atoms with Crippen molar-refractivity contribution in [3.8, 4) is 0 Å². The number of benzene rings is 2. The first-order valence-corrected chi connectivity index (χ1v) is 6.51. The highest BCUT2D eigenvalue weighted by Gasteiger charge is 2.22. The Morgan fingerprint density at radius 2 is 2.11 bits per heavy atom. The highest BCUT2D eigenvalue weighted by molar-refractivity contribution is 5.50. The Hall–Kier alpha value is -1.87. The highest BCUT2D eigenvalue weighted by atomic mass is 19.1. The molecule has 19 heavy (non-hydrogen) atoms. The van der Waals surface area contributed by atoms with E-state index in [4.69, 9.17) is 5.11 Å². The van der Waals surface area contributed by atoms with Crippen LogP contribution in [0.5, 0.6) is 0 Å². The van der Waals surface area contributed by atoms with E-state index in [1.807, 2.05) is 30.3 Å². The highest BCUT2D eigenvalue weighted by Crippen LogP contribution is 2.34. The lowest BCUT2D eigenvalue weighted by Gasteiger charge is -2.16. The van der Waals surface area contributed by atoms with E-state index in [9.17, 15) is 4.39 Å². The van der Waals surface area contributed by atoms with E-state index in [1.165, 1.54) is 11.6 Å². The van der Waals surface area contributed by atoms with Gasteiger partial charge in [0.05, 0.1) is 12.6 Å². The van der Waals surface area contributed by atoms with Crippen LogP contribution in [0.1, 0.15) is 29.2 Å². The quantitative estimate of drug-likeness (QED) is 0.883. The molecule has 0 fully saturated rings. The molecule has 2 aromatic carbocycles. The molecular weight excluding hydrogens is 241 g/mol. The molecule has 0 heterocycles. The molecule has 0 saturated carbocycles. The number of halogens is 1. The molecule has 3 heteroatoms. The summed E-state index contributed by atoms with van der Waals surface area (Å²) in [6.45, 7) is 0.0436. The number of anilines is 1. The van der Waals surface area contributed by atoms with Crippen LogP contribution in [0.2, 0.25) is 0 Å². The summed E-state index contributed by atoms with van der Waals surface area (Å²) >= 11 is 0. The Morgan fingerprint density at radius 1 is 1.21 bits per heavy atom. The van der Waals surface area contributed by atoms with Crippen molar-refractivity contribution in [1.29, 1.82) is 0 Å². The van der Waals surface area contributed by atoms with Gasteiger partial charge in [-0.05, 0) is 53.8 Å². The predicted molar refractivity (Wildman–Crippen MR) is 73.4 cm³/mol. The van der Waals surface area contributed by atoms with Gasteiger partial charge >= 0.3 is 0 Å². The second kappa shape index (κ2) is 5.02. The van der Waals surface area contributed by atoms with Crippen LogP contribution in [0.25, 0.3) is 0 Å². The summed E-state index contributed by atoms with van der Waals surface area (Å²) in [7, 11) is 0. The maximum atomic E-state index is 13.2. The molecule has 0 aliphatic heterocycles. The lowest BCUT2D eigenvalue weighted by molar-refractivity contribution is 0.282. The van der Waals surface area contributed by atoms with Crippen LogP contribution < -0.4 is 5.32 Å². The second-order valence-corrected chi connectivity index (χ2v) is 4.94. The molecule has 0 amide bonds. The van der Waals surface area contributed by atoms with Crippen LogP contribution in [0, 0.1) is 5.82 Å². The fourth-order valence-electron chi connectivity index (χ4n) is 2.70. The summed E-state index contributed by atoms with van der Waals surface area (Å²) in [4.78, 5) is 0. The van der Waals surface area contributed by atoms with Crippen molar-refractivity contribution < 1.29 is 9.50 Å². The van der Waals surface area contributed by atoms with Gasteiger partial charge in [-0.25, -0.2) is 4.39 Å². The molecular formula is C16H16FNO. The minimum Gasteiger partial charge on any atom is -0.392 e. The molecule has 98 valence electrons. The molecule has 3 rings (SSSR count). The van der Waals surface area contributed by atoms with Crippen molar-refractivity contribution in [1.82, 2.24) is 0 Å². The van der Waals surface area contributed by atoms with Crippen molar-refractivity contribution in [3.63, 3.8) is 0 Å². The van der Waals surface area contributed by atoms with Crippen molar-refractivity contribution in [2.24, 2.45) is 0 Å². The summed E-state index contributed by atoms with van der Waals surface area (Å²) in [5, 5.41) is 12.6. The van der Waals surface area contributed by atoms with Crippen molar-refractivity contribution >= 4 is 5.69 Å². The first-order chi connectivity index (χ1) is 9.26. The molecule has 0 bridgehead atoms. The van der Waals surface area contributed by atoms with Gasteiger partial charge in [-0.3, -0.25) is 0 Å². The van der Waals surface area contributed by atoms with Gasteiger partial charge in [0.15, 0.2) is 0 Å². The van der Waals surface area contributed by atoms with Crippen LogP contribution in [0.4, 0.5) is 10.1 Å². The normalized spacial score (nSPS) is 17.3. The molecule has 0 radical (unpaired) electrons. The van der Waals surface area contributed by atoms with E-state index in [0.29, 0.717) is 0 Å². The number of hydrogen-bond acceptors (Lipinski definition) is 2. The average molecular weight is 257 g/mol. The number of aliphatic hydroxyl groups is 1. The Balaban J connectivity index is 1.82. The van der Waals surface area contributed by atoms with E-state index in [2.05, 4.69) is 5.32 Å². The minimum atomic E-state index is -0.165. The summed E-state index contributed by atoms with van der Waals surface area (Å²) in [6.07, 6.45) is 1.88. The number of hydrogen-bond donors (Lipinski definition) is 2. The Morgan fingerprint density at radius 3 is 2.95 bits per heavy atom. The zero-order valence-corrected chi connectivity index (χ0v) is 10.6. The fraction of sp³-hybridized carbons (Fsp3) is 0.250. The number of aliphatic hydroxyl groups excluding tert-OH is 1. The van der Waals surface area contributed by atoms with Gasteiger partial charge in [0, 0.05) is 5.69 Å². The van der Waals surface area contributed by atoms with Crippen molar-refractivity contribution in [2.75, 3.05) is 5.32 Å². The van der Waals surface area contributed by atoms with Gasteiger partial charge in [0.25, 0.3) is 0 Å². The molecule has 2 N–H and O–H groups in total. The van der Waals surface area contributed by atoms with Gasteiger partial charge in [-0.15, -0.1) is 0 Å². The molecule has 0 aromatic heterocycles. The smallest absolute Gasteiger partial charge is 0.123 e. The molecule has 1 aliphatic carbocycles. The molecule has 1 unspecified atom stereocenters. The first kappa shape index (κ1) is 12.2. The van der Waals surface area contributed by atoms with Crippen molar-refractivity contribution in [3.05, 3.63) is 65.0 Å². The summed E-state index contributed by atoms with van der Waals surface area (Å²) in [6, 6.07) is 13.0. The van der Waals surface area contributed by atoms with Crippen LogP contribution in [0.15, 0.2) is 42.5 Å². The molecule has 1 atom stereocenters. The lowest BCUT2D eigenvalue weighted by atomic mass is 10.1. The molecule has 0 saturated heterocycles. The Bertz CT molecular complexity index is 597. The minimum absolute atomic E-state index is 0.0436. The first-order valence-electron chi connectivity index (χ1n) is 6.51. The second-order valence-electron chi connectivity index (χ2n) is 4.94. The van der Waals surface area contributed by atoms with Gasteiger partial charge in [0.2, 0.25) is 0 Å². The van der Waals surface area contributed by atoms with Gasteiger partial charge < -0.3 is 10.4 Å². The van der Waals surface area contributed by atoms with Crippen molar-refractivity contribution in [2.45, 2.75) is 25.5 Å². The van der Waals surface area contributed by atoms with E-state index < -0.39 is 0 Å². The van der Waals surface area contributed by atoms with Crippen LogP contribution in [-0.4, -0.2) is 5.11 Å². The zero-order valence-electron chi connectivity index (χ0n) is 10.6. The average Bonchev–Trinajstić information content (AvgIpc) is 2.81. The maximum Gasteiger partial charge on any atom is 0.123 e. The van der Waals surface area contributed by atoms with E-state index in [1.54, 1.807) is 6.07 Å². The van der Waals surface area contributed by atoms with Crippen LogP contribution in [-0.2, 0) is 13.0 Å².